The van der Waals surface area contributed by atoms with Crippen molar-refractivity contribution in [2.24, 2.45) is 0 Å². The van der Waals surface area contributed by atoms with Gasteiger partial charge in [0, 0.05) is 7.05 Å². The van der Waals surface area contributed by atoms with E-state index in [-0.39, 0.29) is 31.6 Å². The van der Waals surface area contributed by atoms with Crippen LogP contribution in [0.3, 0.4) is 0 Å². The molecule has 0 aliphatic carbocycles. The molecular weight excluding hydrogens is 688 g/mol. The van der Waals surface area contributed by atoms with E-state index >= 15 is 0 Å². The van der Waals surface area contributed by atoms with Crippen LogP contribution in [-0.2, 0) is 25.8 Å². The number of hydrogen-bond donors (Lipinski definition) is 0. The number of benzene rings is 3. The third-order valence-corrected chi connectivity index (χ3v) is 8.02. The van der Waals surface area contributed by atoms with E-state index in [0.717, 1.165) is 11.4 Å². The summed E-state index contributed by atoms with van der Waals surface area (Å²) in [7, 11) is 14.0. The summed E-state index contributed by atoms with van der Waals surface area (Å²) in [6.45, 7) is 6.46. The van der Waals surface area contributed by atoms with Gasteiger partial charge < -0.3 is 25.8 Å². The van der Waals surface area contributed by atoms with Gasteiger partial charge in [0.05, 0.1) is 11.9 Å². The van der Waals surface area contributed by atoms with Crippen molar-refractivity contribution < 1.29 is 30.4 Å². The minimum Gasteiger partial charge on any atom is -0.679 e. The molecule has 1 atom stereocenters. The molecule has 0 fully saturated rings. The van der Waals surface area contributed by atoms with Gasteiger partial charge in [0.25, 0.3) is 0 Å². The zero-order chi connectivity index (χ0) is 29.9. The second-order valence-corrected chi connectivity index (χ2v) is 11.5. The molecule has 1 unspecified atom stereocenters. The predicted molar refractivity (Wildman–Crippen MR) is 178 cm³/mol. The Morgan fingerprint density at radius 2 is 1.02 bits per heavy atom. The zero-order valence-corrected chi connectivity index (χ0v) is 30.7. The molecule has 4 aromatic rings. The van der Waals surface area contributed by atoms with Gasteiger partial charge in [-0.3, -0.25) is 0 Å². The average molecular weight is 734 g/mol. The molecule has 0 bridgehead atoms. The smallest absolute Gasteiger partial charge is 0.679 e. The second kappa shape index (κ2) is 22.3. The fourth-order valence-electron chi connectivity index (χ4n) is 4.09. The largest absolute Gasteiger partial charge is 4.00 e. The minimum absolute atomic E-state index is 0. The van der Waals surface area contributed by atoms with Crippen LogP contribution in [0.25, 0.3) is 21.3 Å². The van der Waals surface area contributed by atoms with Crippen LogP contribution in [-0.4, -0.2) is 42.3 Å². The van der Waals surface area contributed by atoms with E-state index in [0.29, 0.717) is 0 Å². The number of rotatable bonds is 6. The van der Waals surface area contributed by atoms with Crippen LogP contribution in [0.15, 0.2) is 97.2 Å². The first-order chi connectivity index (χ1) is 19.3. The topological polar surface area (TPSA) is 60.3 Å². The minimum atomic E-state index is -0.790. The Balaban J connectivity index is 0.00000142. The van der Waals surface area contributed by atoms with Crippen molar-refractivity contribution >= 4 is 24.2 Å². The summed E-state index contributed by atoms with van der Waals surface area (Å²) in [6, 6.07) is 32.2. The van der Waals surface area contributed by atoms with Crippen LogP contribution in [0.2, 0.25) is 0 Å². The first-order valence-electron chi connectivity index (χ1n) is 13.2. The van der Waals surface area contributed by atoms with Gasteiger partial charge >= 0.3 is 25.8 Å². The van der Waals surface area contributed by atoms with E-state index in [1.807, 2.05) is 16.8 Å². The summed E-state index contributed by atoms with van der Waals surface area (Å²) in [5.41, 5.74) is 5.89. The van der Waals surface area contributed by atoms with E-state index in [1.54, 1.807) is 42.3 Å². The Kier molecular flexibility index (Phi) is 21.0. The molecule has 216 valence electrons. The average Bonchev–Trinajstić information content (AvgIpc) is 2.93. The third-order valence-electron chi connectivity index (χ3n) is 5.44. The van der Waals surface area contributed by atoms with Crippen LogP contribution < -0.4 is 15.2 Å². The van der Waals surface area contributed by atoms with Crippen molar-refractivity contribution in [3.63, 3.8) is 0 Å². The quantitative estimate of drug-likeness (QED) is 0.0830. The molecule has 0 spiro atoms. The fourth-order valence-corrected chi connectivity index (χ4v) is 6.67. The van der Waals surface area contributed by atoms with Gasteiger partial charge in [0.2, 0.25) is 0 Å². The molecule has 3 aromatic carbocycles. The monoisotopic (exact) mass is 735 g/mol. The molecule has 5 nitrogen and oxygen atoms in total. The van der Waals surface area contributed by atoms with Gasteiger partial charge in [-0.05, 0) is 31.4 Å². The Bertz CT molecular complexity index is 1150. The number of aromatic nitrogens is 1. The normalized spacial score (nSPS) is 10.4. The molecule has 41 heavy (non-hydrogen) atoms. The molecular formula is C34H46HfN5P. The van der Waals surface area contributed by atoms with Crippen molar-refractivity contribution in [1.82, 2.24) is 0 Å². The van der Waals surface area contributed by atoms with Crippen LogP contribution in [0.5, 0.6) is 0 Å². The van der Waals surface area contributed by atoms with Gasteiger partial charge in [0.1, 0.15) is 0 Å². The van der Waals surface area contributed by atoms with Gasteiger partial charge in [0.15, 0.2) is 0 Å². The summed E-state index contributed by atoms with van der Waals surface area (Å²) >= 11 is 0. The molecule has 7 heteroatoms. The number of hydrogen-bond acceptors (Lipinski definition) is 0. The van der Waals surface area contributed by atoms with Crippen molar-refractivity contribution in [3.05, 3.63) is 148 Å². The summed E-state index contributed by atoms with van der Waals surface area (Å²) < 4.78 is 1.97. The first kappa shape index (κ1) is 38.7. The van der Waals surface area contributed by atoms with E-state index in [1.165, 1.54) is 27.3 Å². The zero-order valence-electron chi connectivity index (χ0n) is 26.2. The van der Waals surface area contributed by atoms with Crippen LogP contribution in [0, 0.1) is 27.8 Å². The molecule has 0 saturated carbocycles. The molecule has 1 aromatic heterocycles. The van der Waals surface area contributed by atoms with Crippen LogP contribution >= 0.6 is 7.92 Å². The number of aryl methyl sites for hydroxylation is 3. The van der Waals surface area contributed by atoms with Gasteiger partial charge in [-0.2, -0.15) is 42.3 Å². The molecule has 0 radical (unpaired) electrons. The van der Waals surface area contributed by atoms with Crippen molar-refractivity contribution in [3.8, 4) is 0 Å². The standard InChI is InChI=1S/C28H28N2P.3C2H6N.Hf/c1-21-19-22(2)27(23(3)20-21)29-28(26-17-11-12-18-30(26)4)31(24-13-7-5-8-14-24)25-15-9-6-10-16-25;3*1-3-2;/h5-20,28H,4H2,1-3H3;3*1-2H3;/q4*-1;+4. The summed E-state index contributed by atoms with van der Waals surface area (Å²) in [4.78, 5) is 0. The number of pyridine rings is 1. The molecule has 1 heterocycles. The second-order valence-electron chi connectivity index (χ2n) is 9.23. The summed E-state index contributed by atoms with van der Waals surface area (Å²) in [5, 5.41) is 18.6. The maximum Gasteiger partial charge on any atom is 4.00 e. The first-order valence-corrected chi connectivity index (χ1v) is 14.6. The Labute approximate surface area is 270 Å². The SMILES string of the molecule is C[N-]C.C[N-]C.C[N-]C.[CH2-][n+]1ccccc1C([N-]c1c(C)cc(C)cc1C)P(c1ccccc1)c1ccccc1.[Hf+4]. The molecule has 0 aliphatic heterocycles. The molecule has 0 saturated heterocycles. The third kappa shape index (κ3) is 13.0. The Hall–Kier alpha value is -2.34. The molecule has 0 N–H and O–H groups in total. The Morgan fingerprint density at radius 3 is 1.41 bits per heavy atom. The maximum absolute atomic E-state index is 5.45. The van der Waals surface area contributed by atoms with E-state index in [2.05, 4.69) is 129 Å². The summed E-state index contributed by atoms with van der Waals surface area (Å²) in [6.07, 6.45) is 2.01. The Morgan fingerprint density at radius 1 is 0.634 bits per heavy atom. The predicted octanol–water partition coefficient (Wildman–Crippen LogP) is 8.23. The fraction of sp³-hybridized carbons (Fsp3) is 0.294. The van der Waals surface area contributed by atoms with Crippen molar-refractivity contribution in [2.75, 3.05) is 42.3 Å². The molecule has 0 aliphatic rings. The van der Waals surface area contributed by atoms with Crippen LogP contribution in [0.4, 0.5) is 5.69 Å². The maximum atomic E-state index is 5.45. The van der Waals surface area contributed by atoms with E-state index in [9.17, 15) is 0 Å². The molecule has 4 rings (SSSR count). The van der Waals surface area contributed by atoms with Crippen molar-refractivity contribution in [2.45, 2.75) is 26.6 Å². The summed E-state index contributed by atoms with van der Waals surface area (Å²) in [5.74, 6) is -0.0568. The van der Waals surface area contributed by atoms with Gasteiger partial charge in [-0.15, -0.1) is 5.69 Å². The van der Waals surface area contributed by atoms with Crippen molar-refractivity contribution in [1.29, 1.82) is 0 Å². The molecule has 0 amide bonds. The number of nitrogens with zero attached hydrogens (tertiary/aromatic N) is 5. The van der Waals surface area contributed by atoms with Crippen LogP contribution in [0.1, 0.15) is 28.2 Å². The van der Waals surface area contributed by atoms with E-state index < -0.39 is 7.92 Å². The van der Waals surface area contributed by atoms with Gasteiger partial charge in [-0.1, -0.05) is 121 Å². The van der Waals surface area contributed by atoms with E-state index in [4.69, 9.17) is 5.32 Å². The van der Waals surface area contributed by atoms with Gasteiger partial charge in [-0.25, -0.2) is 0 Å².